The highest BCUT2D eigenvalue weighted by molar-refractivity contribution is 5.73. The maximum absolute atomic E-state index is 11.9. The zero-order chi connectivity index (χ0) is 14.5. The molecule has 110 valence electrons. The molecule has 1 saturated heterocycles. The van der Waals surface area contributed by atoms with E-state index in [1.165, 1.54) is 5.56 Å². The van der Waals surface area contributed by atoms with Crippen molar-refractivity contribution in [2.24, 2.45) is 5.92 Å². The van der Waals surface area contributed by atoms with Gasteiger partial charge in [0.1, 0.15) is 5.75 Å². The first-order valence-electron chi connectivity index (χ1n) is 7.14. The van der Waals surface area contributed by atoms with Crippen molar-refractivity contribution in [3.8, 4) is 5.75 Å². The Bertz CT molecular complexity index is 459. The minimum atomic E-state index is -0.0619. The Balaban J connectivity index is 1.88. The molecule has 0 amide bonds. The molecule has 0 radical (unpaired) electrons. The summed E-state index contributed by atoms with van der Waals surface area (Å²) in [4.78, 5) is 14.2. The summed E-state index contributed by atoms with van der Waals surface area (Å²) >= 11 is 0. The average Bonchev–Trinajstić information content (AvgIpc) is 2.87. The van der Waals surface area contributed by atoms with E-state index in [9.17, 15) is 4.79 Å². The molecule has 20 heavy (non-hydrogen) atoms. The van der Waals surface area contributed by atoms with Gasteiger partial charge in [-0.2, -0.15) is 0 Å². The fourth-order valence-electron chi connectivity index (χ4n) is 2.53. The van der Waals surface area contributed by atoms with E-state index in [4.69, 9.17) is 9.47 Å². The van der Waals surface area contributed by atoms with E-state index in [1.54, 1.807) is 7.11 Å². The van der Waals surface area contributed by atoms with Gasteiger partial charge in [0.05, 0.1) is 19.1 Å². The second-order valence-electron chi connectivity index (χ2n) is 5.56. The normalized spacial score (nSPS) is 19.3. The molecule has 0 saturated carbocycles. The van der Waals surface area contributed by atoms with Crippen LogP contribution in [0.15, 0.2) is 24.3 Å². The summed E-state index contributed by atoms with van der Waals surface area (Å²) in [7, 11) is 1.67. The van der Waals surface area contributed by atoms with Crippen LogP contribution >= 0.6 is 0 Å². The Morgan fingerprint density at radius 2 is 2.25 bits per heavy atom. The topological polar surface area (TPSA) is 38.8 Å². The molecule has 1 aromatic rings. The first kappa shape index (κ1) is 14.9. The number of hydrogen-bond donors (Lipinski definition) is 0. The minimum absolute atomic E-state index is 0.0167. The van der Waals surface area contributed by atoms with Gasteiger partial charge in [0.2, 0.25) is 0 Å². The van der Waals surface area contributed by atoms with Crippen molar-refractivity contribution in [3.05, 3.63) is 29.8 Å². The second-order valence-corrected chi connectivity index (χ2v) is 5.56. The minimum Gasteiger partial charge on any atom is -0.497 e. The van der Waals surface area contributed by atoms with Crippen molar-refractivity contribution < 1.29 is 14.3 Å². The highest BCUT2D eigenvalue weighted by atomic mass is 16.5. The molecule has 0 bridgehead atoms. The molecule has 1 aliphatic rings. The molecule has 1 heterocycles. The number of carbonyl (C=O) groups is 1. The highest BCUT2D eigenvalue weighted by Crippen LogP contribution is 2.22. The van der Waals surface area contributed by atoms with Crippen LogP contribution in [0.2, 0.25) is 0 Å². The first-order chi connectivity index (χ1) is 9.58. The summed E-state index contributed by atoms with van der Waals surface area (Å²) in [6.45, 7) is 6.35. The lowest BCUT2D eigenvalue weighted by Gasteiger charge is -2.17. The van der Waals surface area contributed by atoms with Gasteiger partial charge in [0.15, 0.2) is 0 Å². The van der Waals surface area contributed by atoms with Gasteiger partial charge in [0.25, 0.3) is 0 Å². The number of methoxy groups -OCH3 is 1. The van der Waals surface area contributed by atoms with E-state index in [0.29, 0.717) is 0 Å². The van der Waals surface area contributed by atoms with Gasteiger partial charge < -0.3 is 9.47 Å². The molecular weight excluding hydrogens is 254 g/mol. The lowest BCUT2D eigenvalue weighted by atomic mass is 10.1. The third kappa shape index (κ3) is 3.97. The summed E-state index contributed by atoms with van der Waals surface area (Å²) < 4.78 is 10.5. The van der Waals surface area contributed by atoms with Crippen LogP contribution in [0, 0.1) is 5.92 Å². The Morgan fingerprint density at radius 3 is 2.95 bits per heavy atom. The molecule has 0 spiro atoms. The second kappa shape index (κ2) is 6.75. The first-order valence-corrected chi connectivity index (χ1v) is 7.14. The van der Waals surface area contributed by atoms with Crippen LogP contribution in [0.3, 0.4) is 0 Å². The van der Waals surface area contributed by atoms with E-state index in [-0.39, 0.29) is 18.0 Å². The van der Waals surface area contributed by atoms with Gasteiger partial charge in [0, 0.05) is 13.1 Å². The van der Waals surface area contributed by atoms with E-state index >= 15 is 0 Å². The zero-order valence-corrected chi connectivity index (χ0v) is 12.5. The van der Waals surface area contributed by atoms with Crippen molar-refractivity contribution in [1.29, 1.82) is 0 Å². The molecular formula is C16H23NO3. The molecule has 4 nitrogen and oxygen atoms in total. The van der Waals surface area contributed by atoms with Crippen molar-refractivity contribution >= 4 is 5.97 Å². The smallest absolute Gasteiger partial charge is 0.310 e. The molecule has 0 aliphatic carbocycles. The van der Waals surface area contributed by atoms with Crippen LogP contribution in [0.5, 0.6) is 5.75 Å². The maximum Gasteiger partial charge on any atom is 0.310 e. The number of rotatable bonds is 5. The number of hydrogen-bond acceptors (Lipinski definition) is 4. The van der Waals surface area contributed by atoms with Crippen LogP contribution in [0.1, 0.15) is 25.8 Å². The Hall–Kier alpha value is -1.55. The Morgan fingerprint density at radius 1 is 1.45 bits per heavy atom. The monoisotopic (exact) mass is 277 g/mol. The average molecular weight is 277 g/mol. The number of ether oxygens (including phenoxy) is 2. The zero-order valence-electron chi connectivity index (χ0n) is 12.5. The third-order valence-electron chi connectivity index (χ3n) is 3.50. The predicted octanol–water partition coefficient (Wildman–Crippen LogP) is 2.47. The molecule has 2 rings (SSSR count). The third-order valence-corrected chi connectivity index (χ3v) is 3.50. The van der Waals surface area contributed by atoms with E-state index in [0.717, 1.165) is 31.8 Å². The fourth-order valence-corrected chi connectivity index (χ4v) is 2.53. The Labute approximate surface area is 120 Å². The Kier molecular flexibility index (Phi) is 5.01. The van der Waals surface area contributed by atoms with Crippen LogP contribution in [0.25, 0.3) is 0 Å². The molecule has 1 unspecified atom stereocenters. The molecule has 1 aromatic carbocycles. The van der Waals surface area contributed by atoms with Crippen LogP contribution in [-0.2, 0) is 16.1 Å². The molecule has 1 fully saturated rings. The molecule has 0 N–H and O–H groups in total. The number of esters is 1. The van der Waals surface area contributed by atoms with Crippen LogP contribution in [0.4, 0.5) is 0 Å². The number of carbonyl (C=O) groups excluding carboxylic acids is 1. The van der Waals surface area contributed by atoms with Crippen LogP contribution in [-0.4, -0.2) is 37.2 Å². The lowest BCUT2D eigenvalue weighted by molar-refractivity contribution is -0.151. The molecule has 0 aromatic heterocycles. The summed E-state index contributed by atoms with van der Waals surface area (Å²) in [5.41, 5.74) is 1.21. The van der Waals surface area contributed by atoms with Crippen molar-refractivity contribution in [1.82, 2.24) is 4.90 Å². The van der Waals surface area contributed by atoms with Gasteiger partial charge in [-0.15, -0.1) is 0 Å². The fraction of sp³-hybridized carbons (Fsp3) is 0.562. The summed E-state index contributed by atoms with van der Waals surface area (Å²) in [5, 5.41) is 0. The lowest BCUT2D eigenvalue weighted by Crippen LogP contribution is -2.25. The quantitative estimate of drug-likeness (QED) is 0.775. The van der Waals surface area contributed by atoms with E-state index in [1.807, 2.05) is 32.0 Å². The molecule has 1 atom stereocenters. The van der Waals surface area contributed by atoms with Crippen molar-refractivity contribution in [2.75, 3.05) is 20.2 Å². The number of nitrogens with zero attached hydrogens (tertiary/aromatic N) is 1. The number of likely N-dealkylation sites (tertiary alicyclic amines) is 1. The van der Waals surface area contributed by atoms with Crippen molar-refractivity contribution in [2.45, 2.75) is 32.9 Å². The van der Waals surface area contributed by atoms with Crippen molar-refractivity contribution in [3.63, 3.8) is 0 Å². The van der Waals surface area contributed by atoms with Gasteiger partial charge in [-0.25, -0.2) is 0 Å². The van der Waals surface area contributed by atoms with Crippen LogP contribution < -0.4 is 4.74 Å². The number of benzene rings is 1. The summed E-state index contributed by atoms with van der Waals surface area (Å²) in [5.74, 6) is 0.827. The standard InChI is InChI=1S/C16H23NO3/c1-12(2)20-16(18)14-7-8-17(11-14)10-13-5-4-6-15(9-13)19-3/h4-6,9,12,14H,7-8,10-11H2,1-3H3. The van der Waals surface area contributed by atoms with Gasteiger partial charge >= 0.3 is 5.97 Å². The predicted molar refractivity (Wildman–Crippen MR) is 77.6 cm³/mol. The van der Waals surface area contributed by atoms with E-state index < -0.39 is 0 Å². The van der Waals surface area contributed by atoms with Gasteiger partial charge in [-0.1, -0.05) is 12.1 Å². The molecule has 1 aliphatic heterocycles. The van der Waals surface area contributed by atoms with Gasteiger partial charge in [-0.05, 0) is 44.5 Å². The SMILES string of the molecule is COc1cccc(CN2CCC(C(=O)OC(C)C)C2)c1. The van der Waals surface area contributed by atoms with E-state index in [2.05, 4.69) is 11.0 Å². The highest BCUT2D eigenvalue weighted by Gasteiger charge is 2.29. The molecule has 4 heteroatoms. The largest absolute Gasteiger partial charge is 0.497 e. The summed E-state index contributed by atoms with van der Waals surface area (Å²) in [6.07, 6.45) is 0.852. The summed E-state index contributed by atoms with van der Waals surface area (Å²) in [6, 6.07) is 8.06. The van der Waals surface area contributed by atoms with Gasteiger partial charge in [-0.3, -0.25) is 9.69 Å². The maximum atomic E-state index is 11.9.